The predicted octanol–water partition coefficient (Wildman–Crippen LogP) is 4.10. The molecule has 0 radical (unpaired) electrons. The normalized spacial score (nSPS) is 11.3. The van der Waals surface area contributed by atoms with Gasteiger partial charge in [-0.25, -0.2) is 13.1 Å². The number of hydrogen-bond acceptors (Lipinski definition) is 4. The maximum Gasteiger partial charge on any atom is 0.265 e. The van der Waals surface area contributed by atoms with E-state index in [0.717, 1.165) is 0 Å². The number of rotatable bonds is 5. The van der Waals surface area contributed by atoms with Crippen LogP contribution in [0.2, 0.25) is 5.02 Å². The van der Waals surface area contributed by atoms with Crippen LogP contribution in [0.1, 0.15) is 0 Å². The molecular formula is C16H13BrClN3O3S. The zero-order chi connectivity index (χ0) is 18.0. The number of nitrogens with one attached hydrogen (secondary N) is 1. The number of methoxy groups -OCH3 is 1. The third kappa shape index (κ3) is 3.81. The van der Waals surface area contributed by atoms with Crippen LogP contribution in [0.4, 0.5) is 5.69 Å². The second-order valence-electron chi connectivity index (χ2n) is 5.03. The summed E-state index contributed by atoms with van der Waals surface area (Å²) in [5.41, 5.74) is 0.955. The van der Waals surface area contributed by atoms with Gasteiger partial charge in [-0.3, -0.25) is 4.72 Å². The summed E-state index contributed by atoms with van der Waals surface area (Å²) in [6.45, 7) is 0. The van der Waals surface area contributed by atoms with E-state index in [2.05, 4.69) is 25.8 Å². The molecule has 0 aliphatic carbocycles. The average Bonchev–Trinajstić information content (AvgIpc) is 3.02. The second kappa shape index (κ2) is 7.07. The van der Waals surface area contributed by atoms with Crippen LogP contribution in [0.25, 0.3) is 5.69 Å². The molecule has 130 valence electrons. The highest BCUT2D eigenvalue weighted by Crippen LogP contribution is 2.29. The zero-order valence-corrected chi connectivity index (χ0v) is 16.1. The molecule has 6 nitrogen and oxygen atoms in total. The molecule has 0 aliphatic rings. The van der Waals surface area contributed by atoms with Gasteiger partial charge in [0.05, 0.1) is 35.9 Å². The van der Waals surface area contributed by atoms with Crippen LogP contribution < -0.4 is 9.46 Å². The smallest absolute Gasteiger partial charge is 0.265 e. The molecule has 1 aromatic heterocycles. The molecule has 25 heavy (non-hydrogen) atoms. The Morgan fingerprint density at radius 1 is 1.24 bits per heavy atom. The number of para-hydroxylation sites is 1. The van der Waals surface area contributed by atoms with E-state index in [1.54, 1.807) is 36.5 Å². The summed E-state index contributed by atoms with van der Waals surface area (Å²) >= 11 is 9.40. The van der Waals surface area contributed by atoms with Crippen LogP contribution in [-0.4, -0.2) is 25.3 Å². The molecule has 0 bridgehead atoms. The van der Waals surface area contributed by atoms with Crippen LogP contribution in [-0.2, 0) is 10.0 Å². The number of hydrogen-bond donors (Lipinski definition) is 1. The van der Waals surface area contributed by atoms with Gasteiger partial charge in [0.2, 0.25) is 0 Å². The number of ether oxygens (including phenoxy) is 1. The Labute approximate surface area is 158 Å². The van der Waals surface area contributed by atoms with Gasteiger partial charge in [0, 0.05) is 4.47 Å². The van der Waals surface area contributed by atoms with Crippen molar-refractivity contribution in [3.63, 3.8) is 0 Å². The van der Waals surface area contributed by atoms with E-state index >= 15 is 0 Å². The number of sulfonamides is 1. The first-order chi connectivity index (χ1) is 11.9. The van der Waals surface area contributed by atoms with Crippen molar-refractivity contribution in [1.29, 1.82) is 0 Å². The molecule has 0 amide bonds. The van der Waals surface area contributed by atoms with Gasteiger partial charge in [0.1, 0.15) is 10.6 Å². The van der Waals surface area contributed by atoms with E-state index in [1.807, 2.05) is 6.07 Å². The Hall–Kier alpha value is -2.03. The van der Waals surface area contributed by atoms with E-state index in [9.17, 15) is 8.42 Å². The van der Waals surface area contributed by atoms with Crippen molar-refractivity contribution >= 4 is 43.2 Å². The Morgan fingerprint density at radius 3 is 2.72 bits per heavy atom. The largest absolute Gasteiger partial charge is 0.495 e. The van der Waals surface area contributed by atoms with E-state index < -0.39 is 10.0 Å². The zero-order valence-electron chi connectivity index (χ0n) is 13.0. The number of anilines is 1. The standard InChI is InChI=1S/C16H13BrClN3O3S/c1-24-15-7-6-11(17)8-16(15)25(22,23)20-12-9-19-21(10-12)14-5-3-2-4-13(14)18/h2-10,20H,1H3. The van der Waals surface area contributed by atoms with E-state index in [4.69, 9.17) is 16.3 Å². The van der Waals surface area contributed by atoms with E-state index in [1.165, 1.54) is 24.1 Å². The van der Waals surface area contributed by atoms with Crippen LogP contribution in [0.3, 0.4) is 0 Å². The Kier molecular flexibility index (Phi) is 5.03. The highest BCUT2D eigenvalue weighted by atomic mass is 79.9. The number of aromatic nitrogens is 2. The molecule has 1 N–H and O–H groups in total. The number of benzene rings is 2. The van der Waals surface area contributed by atoms with Crippen molar-refractivity contribution in [3.05, 3.63) is 64.4 Å². The third-order valence-corrected chi connectivity index (χ3v) is 5.56. The monoisotopic (exact) mass is 441 g/mol. The molecule has 2 aromatic carbocycles. The summed E-state index contributed by atoms with van der Waals surface area (Å²) in [5, 5.41) is 4.66. The minimum atomic E-state index is -3.85. The molecule has 0 unspecified atom stereocenters. The van der Waals surface area contributed by atoms with Gasteiger partial charge in [-0.2, -0.15) is 5.10 Å². The van der Waals surface area contributed by atoms with Crippen molar-refractivity contribution in [2.45, 2.75) is 4.90 Å². The lowest BCUT2D eigenvalue weighted by molar-refractivity contribution is 0.403. The van der Waals surface area contributed by atoms with Gasteiger partial charge in [0.25, 0.3) is 10.0 Å². The first kappa shape index (κ1) is 17.8. The number of nitrogens with zero attached hydrogens (tertiary/aromatic N) is 2. The maximum atomic E-state index is 12.7. The molecule has 0 saturated carbocycles. The third-order valence-electron chi connectivity index (χ3n) is 3.35. The van der Waals surface area contributed by atoms with Crippen molar-refractivity contribution in [3.8, 4) is 11.4 Å². The fourth-order valence-corrected chi connectivity index (χ4v) is 4.17. The van der Waals surface area contributed by atoms with Crippen LogP contribution in [0, 0.1) is 0 Å². The molecule has 0 saturated heterocycles. The molecule has 0 fully saturated rings. The Balaban J connectivity index is 1.93. The van der Waals surface area contributed by atoms with E-state index in [-0.39, 0.29) is 10.6 Å². The van der Waals surface area contributed by atoms with Crippen LogP contribution in [0.5, 0.6) is 5.75 Å². The van der Waals surface area contributed by atoms with Crippen LogP contribution >= 0.6 is 27.5 Å². The molecule has 3 aromatic rings. The Morgan fingerprint density at radius 2 is 2.00 bits per heavy atom. The van der Waals surface area contributed by atoms with Gasteiger partial charge in [0.15, 0.2) is 0 Å². The summed E-state index contributed by atoms with van der Waals surface area (Å²) < 4.78 is 35.1. The summed E-state index contributed by atoms with van der Waals surface area (Å²) in [4.78, 5) is 0.0230. The lowest BCUT2D eigenvalue weighted by Gasteiger charge is -2.10. The predicted molar refractivity (Wildman–Crippen MR) is 100 cm³/mol. The van der Waals surface area contributed by atoms with Crippen LogP contribution in [0.15, 0.2) is 64.2 Å². The van der Waals surface area contributed by atoms with Gasteiger partial charge < -0.3 is 4.74 Å². The summed E-state index contributed by atoms with van der Waals surface area (Å²) in [5.74, 6) is 0.245. The minimum absolute atomic E-state index is 0.0230. The maximum absolute atomic E-state index is 12.7. The van der Waals surface area contributed by atoms with Gasteiger partial charge >= 0.3 is 0 Å². The topological polar surface area (TPSA) is 73.2 Å². The lowest BCUT2D eigenvalue weighted by Crippen LogP contribution is -2.13. The highest BCUT2D eigenvalue weighted by molar-refractivity contribution is 9.10. The second-order valence-corrected chi connectivity index (χ2v) is 8.00. The summed E-state index contributed by atoms with van der Waals surface area (Å²) in [6.07, 6.45) is 2.95. The van der Waals surface area contributed by atoms with Gasteiger partial charge in [-0.05, 0) is 30.3 Å². The SMILES string of the molecule is COc1ccc(Br)cc1S(=O)(=O)Nc1cnn(-c2ccccc2Cl)c1. The summed E-state index contributed by atoms with van der Waals surface area (Å²) in [7, 11) is -2.43. The molecule has 0 atom stereocenters. The van der Waals surface area contributed by atoms with Crippen molar-refractivity contribution < 1.29 is 13.2 Å². The Bertz CT molecular complexity index is 1020. The first-order valence-electron chi connectivity index (χ1n) is 7.06. The first-order valence-corrected chi connectivity index (χ1v) is 9.72. The fraction of sp³-hybridized carbons (Fsp3) is 0.0625. The fourth-order valence-electron chi connectivity index (χ4n) is 2.22. The van der Waals surface area contributed by atoms with Gasteiger partial charge in [-0.1, -0.05) is 39.7 Å². The molecule has 1 heterocycles. The minimum Gasteiger partial charge on any atom is -0.495 e. The molecule has 0 spiro atoms. The number of halogens is 2. The highest BCUT2D eigenvalue weighted by Gasteiger charge is 2.21. The summed E-state index contributed by atoms with van der Waals surface area (Å²) in [6, 6.07) is 11.9. The molecule has 0 aliphatic heterocycles. The van der Waals surface area contributed by atoms with Crippen molar-refractivity contribution in [2.24, 2.45) is 0 Å². The van der Waals surface area contributed by atoms with Crippen molar-refractivity contribution in [1.82, 2.24) is 9.78 Å². The molecule has 3 rings (SSSR count). The molecular weight excluding hydrogens is 430 g/mol. The van der Waals surface area contributed by atoms with E-state index in [0.29, 0.717) is 20.9 Å². The lowest BCUT2D eigenvalue weighted by atomic mass is 10.3. The van der Waals surface area contributed by atoms with Gasteiger partial charge in [-0.15, -0.1) is 0 Å². The average molecular weight is 443 g/mol. The van der Waals surface area contributed by atoms with Crippen molar-refractivity contribution in [2.75, 3.05) is 11.8 Å². The molecule has 9 heteroatoms. The quantitative estimate of drug-likeness (QED) is 0.646.